The summed E-state index contributed by atoms with van der Waals surface area (Å²) in [5.41, 5.74) is 1.80. The van der Waals surface area contributed by atoms with Gasteiger partial charge in [-0.2, -0.15) is 0 Å². The fourth-order valence-corrected chi connectivity index (χ4v) is 1.77. The first-order valence-corrected chi connectivity index (χ1v) is 7.91. The maximum absolute atomic E-state index is 11.5. The summed E-state index contributed by atoms with van der Waals surface area (Å²) in [5, 5.41) is 0. The molecule has 2 nitrogen and oxygen atoms in total. The van der Waals surface area contributed by atoms with Crippen LogP contribution in [0.4, 0.5) is 0 Å². The lowest BCUT2D eigenvalue weighted by molar-refractivity contribution is -0.111. The quantitative estimate of drug-likeness (QED) is 0.441. The van der Waals surface area contributed by atoms with E-state index in [1.165, 1.54) is 0 Å². The number of ketones is 1. The number of alkyl halides is 1. The van der Waals surface area contributed by atoms with Gasteiger partial charge in [-0.1, -0.05) is 60.7 Å². The molecule has 0 N–H and O–H groups in total. The van der Waals surface area contributed by atoms with Gasteiger partial charge in [0.15, 0.2) is 5.78 Å². The molecule has 17 heavy (non-hydrogen) atoms. The van der Waals surface area contributed by atoms with Crippen LogP contribution in [0, 0.1) is 5.92 Å². The lowest BCUT2D eigenvalue weighted by Gasteiger charge is -2.18. The number of carbonyl (C=O) groups excluding carboxylic acids is 2. The molecule has 0 bridgehead atoms. The Bertz CT molecular complexity index is 361. The molecule has 1 aromatic carbocycles. The summed E-state index contributed by atoms with van der Waals surface area (Å²) in [6.45, 7) is 4.00. The zero-order chi connectivity index (χ0) is 13.3. The van der Waals surface area contributed by atoms with Gasteiger partial charge in [-0.3, -0.25) is 4.79 Å². The normalized spacial score (nSPS) is 16.7. The number of aldehydes is 1. The maximum Gasteiger partial charge on any atom is 0.163 e. The first-order chi connectivity index (χ1) is 8.31. The fourth-order valence-electron chi connectivity index (χ4n) is 1.77. The number of halogens is 1. The van der Waals surface area contributed by atoms with Gasteiger partial charge in [0, 0.05) is 17.9 Å². The molecule has 1 aliphatic carbocycles. The van der Waals surface area contributed by atoms with Crippen molar-refractivity contribution in [2.45, 2.75) is 26.7 Å². The lowest BCUT2D eigenvalue weighted by Crippen LogP contribution is -2.20. The van der Waals surface area contributed by atoms with Gasteiger partial charge in [0.2, 0.25) is 0 Å². The summed E-state index contributed by atoms with van der Waals surface area (Å²) in [5.74, 6) is -0.0126. The Morgan fingerprint density at radius 2 is 1.76 bits per heavy atom. The van der Waals surface area contributed by atoms with Crippen LogP contribution >= 0.6 is 22.6 Å². The molecule has 2 rings (SSSR count). The SMILES string of the molecule is CC.CI.O=CC1CC(=O)c2ccccc2C1. The highest BCUT2D eigenvalue weighted by molar-refractivity contribution is 14.1. The van der Waals surface area contributed by atoms with Crippen molar-refractivity contribution in [2.24, 2.45) is 5.92 Å². The van der Waals surface area contributed by atoms with Crippen LogP contribution in [0.3, 0.4) is 0 Å². The number of rotatable bonds is 1. The molecule has 1 unspecified atom stereocenters. The van der Waals surface area contributed by atoms with Crippen molar-refractivity contribution in [3.8, 4) is 0 Å². The third-order valence-electron chi connectivity index (χ3n) is 2.44. The van der Waals surface area contributed by atoms with Gasteiger partial charge in [-0.15, -0.1) is 0 Å². The number of Topliss-reactive ketones (excluding diaryl/α,β-unsaturated/α-hetero) is 1. The van der Waals surface area contributed by atoms with Crippen molar-refractivity contribution in [3.63, 3.8) is 0 Å². The molecule has 0 heterocycles. The lowest BCUT2D eigenvalue weighted by atomic mass is 9.84. The Morgan fingerprint density at radius 1 is 1.18 bits per heavy atom. The Morgan fingerprint density at radius 3 is 2.35 bits per heavy atom. The zero-order valence-electron chi connectivity index (χ0n) is 10.6. The highest BCUT2D eigenvalue weighted by Gasteiger charge is 2.23. The molecule has 0 saturated heterocycles. The first kappa shape index (κ1) is 16.3. The van der Waals surface area contributed by atoms with Gasteiger partial charge in [-0.25, -0.2) is 0 Å². The van der Waals surface area contributed by atoms with Crippen molar-refractivity contribution in [1.29, 1.82) is 0 Å². The van der Waals surface area contributed by atoms with Crippen molar-refractivity contribution >= 4 is 34.7 Å². The van der Waals surface area contributed by atoms with Crippen LogP contribution in [0.2, 0.25) is 0 Å². The van der Waals surface area contributed by atoms with Gasteiger partial charge in [0.25, 0.3) is 0 Å². The van der Waals surface area contributed by atoms with Crippen LogP contribution in [0.15, 0.2) is 24.3 Å². The third-order valence-corrected chi connectivity index (χ3v) is 2.44. The fraction of sp³-hybridized carbons (Fsp3) is 0.429. The molecular weight excluding hydrogens is 327 g/mol. The van der Waals surface area contributed by atoms with Gasteiger partial charge >= 0.3 is 0 Å². The van der Waals surface area contributed by atoms with E-state index in [4.69, 9.17) is 0 Å². The molecule has 0 spiro atoms. The van der Waals surface area contributed by atoms with Gasteiger partial charge < -0.3 is 4.79 Å². The minimum Gasteiger partial charge on any atom is -0.303 e. The van der Waals surface area contributed by atoms with E-state index in [1.54, 1.807) is 0 Å². The van der Waals surface area contributed by atoms with E-state index < -0.39 is 0 Å². The predicted octanol–water partition coefficient (Wildman–Crippen LogP) is 3.71. The topological polar surface area (TPSA) is 34.1 Å². The van der Waals surface area contributed by atoms with Crippen LogP contribution < -0.4 is 0 Å². The van der Waals surface area contributed by atoms with E-state index >= 15 is 0 Å². The van der Waals surface area contributed by atoms with Crippen LogP contribution in [-0.2, 0) is 11.2 Å². The summed E-state index contributed by atoms with van der Waals surface area (Å²) >= 11 is 2.15. The van der Waals surface area contributed by atoms with Crippen molar-refractivity contribution in [3.05, 3.63) is 35.4 Å². The second-order valence-corrected chi connectivity index (χ2v) is 3.38. The van der Waals surface area contributed by atoms with Crippen LogP contribution in [0.1, 0.15) is 36.2 Å². The van der Waals surface area contributed by atoms with Gasteiger partial charge in [-0.05, 0) is 16.9 Å². The van der Waals surface area contributed by atoms with Crippen molar-refractivity contribution in [2.75, 3.05) is 4.93 Å². The summed E-state index contributed by atoms with van der Waals surface area (Å²) in [7, 11) is 0. The van der Waals surface area contributed by atoms with E-state index in [0.29, 0.717) is 12.8 Å². The second-order valence-electron chi connectivity index (χ2n) is 3.38. The van der Waals surface area contributed by atoms with E-state index in [0.717, 1.165) is 17.4 Å². The van der Waals surface area contributed by atoms with E-state index in [1.807, 2.05) is 43.0 Å². The summed E-state index contributed by atoms with van der Waals surface area (Å²) < 4.78 is 0. The van der Waals surface area contributed by atoms with Crippen LogP contribution in [0.25, 0.3) is 0 Å². The molecule has 94 valence electrons. The Labute approximate surface area is 117 Å². The van der Waals surface area contributed by atoms with Crippen molar-refractivity contribution < 1.29 is 9.59 Å². The highest BCUT2D eigenvalue weighted by atomic mass is 127. The monoisotopic (exact) mass is 346 g/mol. The van der Waals surface area contributed by atoms with E-state index in [-0.39, 0.29) is 11.7 Å². The molecule has 1 atom stereocenters. The van der Waals surface area contributed by atoms with E-state index in [2.05, 4.69) is 22.6 Å². The van der Waals surface area contributed by atoms with Crippen LogP contribution in [-0.4, -0.2) is 17.0 Å². The number of benzene rings is 1. The minimum absolute atomic E-state index is 0.0963. The summed E-state index contributed by atoms with van der Waals surface area (Å²) in [6.07, 6.45) is 1.97. The number of hydrogen-bond acceptors (Lipinski definition) is 2. The highest BCUT2D eigenvalue weighted by Crippen LogP contribution is 2.23. The number of fused-ring (bicyclic) bond motifs is 1. The molecule has 0 radical (unpaired) electrons. The molecule has 0 aliphatic heterocycles. The van der Waals surface area contributed by atoms with E-state index in [9.17, 15) is 9.59 Å². The first-order valence-electron chi connectivity index (χ1n) is 5.75. The average Bonchev–Trinajstić information content (AvgIpc) is 2.43. The molecule has 0 saturated carbocycles. The Balaban J connectivity index is 0.000000581. The minimum atomic E-state index is -0.109. The average molecular weight is 346 g/mol. The standard InChI is InChI=1S/C11H10O2.C2H6.CH3I/c12-7-8-5-9-3-1-2-4-10(9)11(13)6-8;2*1-2/h1-4,7-8H,5-6H2;1-2H3;1H3. The van der Waals surface area contributed by atoms with Crippen LogP contribution in [0.5, 0.6) is 0 Å². The predicted molar refractivity (Wildman–Crippen MR) is 79.9 cm³/mol. The molecule has 0 fully saturated rings. The summed E-state index contributed by atoms with van der Waals surface area (Å²) in [6, 6.07) is 7.51. The number of hydrogen-bond donors (Lipinski definition) is 0. The molecule has 1 aromatic rings. The molecule has 1 aliphatic rings. The van der Waals surface area contributed by atoms with Gasteiger partial charge in [0.1, 0.15) is 6.29 Å². The molecule has 0 aromatic heterocycles. The third kappa shape index (κ3) is 4.58. The molecule has 0 amide bonds. The molecule has 3 heteroatoms. The van der Waals surface area contributed by atoms with Crippen molar-refractivity contribution in [1.82, 2.24) is 0 Å². The Kier molecular flexibility index (Phi) is 8.94. The summed E-state index contributed by atoms with van der Waals surface area (Å²) in [4.78, 5) is 24.0. The second kappa shape index (κ2) is 9.33. The largest absolute Gasteiger partial charge is 0.303 e. The zero-order valence-corrected chi connectivity index (χ0v) is 12.7. The maximum atomic E-state index is 11.5. The Hall–Kier alpha value is -0.710. The smallest absolute Gasteiger partial charge is 0.163 e. The number of carbonyl (C=O) groups is 2. The molecular formula is C14H19IO2. The van der Waals surface area contributed by atoms with Gasteiger partial charge in [0.05, 0.1) is 0 Å².